The Hall–Kier alpha value is -2.40. The van der Waals surface area contributed by atoms with Gasteiger partial charge in [0.1, 0.15) is 0 Å². The highest BCUT2D eigenvalue weighted by molar-refractivity contribution is 7.89. The second-order valence-corrected chi connectivity index (χ2v) is 6.94. The van der Waals surface area contributed by atoms with Crippen LogP contribution in [0.4, 0.5) is 0 Å². The molecule has 3 aromatic rings. The van der Waals surface area contributed by atoms with Crippen molar-refractivity contribution in [2.75, 3.05) is 5.75 Å². The van der Waals surface area contributed by atoms with Gasteiger partial charge in [-0.1, -0.05) is 60.7 Å². The largest absolute Gasteiger partial charge is 0.254 e. The van der Waals surface area contributed by atoms with Gasteiger partial charge in [-0.05, 0) is 18.1 Å². The lowest BCUT2D eigenvalue weighted by Gasteiger charge is -2.04. The number of hydrogen-bond donors (Lipinski definition) is 0. The zero-order valence-corrected chi connectivity index (χ0v) is 12.8. The van der Waals surface area contributed by atoms with Gasteiger partial charge in [0.25, 0.3) is 10.0 Å². The maximum atomic E-state index is 12.4. The molecule has 3 rings (SSSR count). The van der Waals surface area contributed by atoms with Crippen LogP contribution in [-0.2, 0) is 16.4 Å². The van der Waals surface area contributed by atoms with Crippen LogP contribution >= 0.6 is 0 Å². The van der Waals surface area contributed by atoms with E-state index in [2.05, 4.69) is 5.10 Å². The maximum absolute atomic E-state index is 12.4. The molecule has 1 aromatic heterocycles. The minimum Gasteiger partial charge on any atom is -0.205 e. The van der Waals surface area contributed by atoms with Gasteiger partial charge in [-0.25, -0.2) is 8.42 Å². The Balaban J connectivity index is 1.77. The van der Waals surface area contributed by atoms with E-state index in [1.54, 1.807) is 6.07 Å². The van der Waals surface area contributed by atoms with Crippen LogP contribution in [-0.4, -0.2) is 23.4 Å². The van der Waals surface area contributed by atoms with E-state index in [4.69, 9.17) is 0 Å². The first-order chi connectivity index (χ1) is 10.6. The third-order valence-electron chi connectivity index (χ3n) is 3.41. The Morgan fingerprint density at radius 3 is 2.18 bits per heavy atom. The van der Waals surface area contributed by atoms with E-state index in [0.29, 0.717) is 12.1 Å². The quantitative estimate of drug-likeness (QED) is 0.728. The van der Waals surface area contributed by atoms with E-state index in [1.165, 1.54) is 6.20 Å². The molecule has 0 spiro atoms. The fraction of sp³-hybridized carbons (Fsp3) is 0.118. The monoisotopic (exact) mass is 312 g/mol. The molecule has 112 valence electrons. The molecule has 0 bridgehead atoms. The lowest BCUT2D eigenvalue weighted by molar-refractivity contribution is 0.579. The zero-order valence-electron chi connectivity index (χ0n) is 12.0. The summed E-state index contributed by atoms with van der Waals surface area (Å²) in [6, 6.07) is 20.8. The SMILES string of the molecule is O=S(=O)(CCc1ccccc1)n1ccc(-c2ccccc2)n1. The molecule has 0 aliphatic rings. The summed E-state index contributed by atoms with van der Waals surface area (Å²) in [7, 11) is -3.44. The third kappa shape index (κ3) is 3.26. The van der Waals surface area contributed by atoms with E-state index in [1.807, 2.05) is 60.7 Å². The molecule has 0 fully saturated rings. The zero-order chi connectivity index (χ0) is 15.4. The second-order valence-electron chi connectivity index (χ2n) is 4.99. The number of rotatable bonds is 5. The Bertz CT molecular complexity index is 841. The van der Waals surface area contributed by atoms with E-state index in [0.717, 1.165) is 15.2 Å². The van der Waals surface area contributed by atoms with Crippen LogP contribution in [0.2, 0.25) is 0 Å². The Morgan fingerprint density at radius 1 is 0.864 bits per heavy atom. The molecule has 1 heterocycles. The van der Waals surface area contributed by atoms with Crippen LogP contribution < -0.4 is 0 Å². The van der Waals surface area contributed by atoms with Gasteiger partial charge >= 0.3 is 0 Å². The maximum Gasteiger partial charge on any atom is 0.254 e. The second kappa shape index (κ2) is 6.15. The van der Waals surface area contributed by atoms with Crippen LogP contribution in [0.1, 0.15) is 5.56 Å². The number of hydrogen-bond acceptors (Lipinski definition) is 3. The third-order valence-corrected chi connectivity index (χ3v) is 4.91. The summed E-state index contributed by atoms with van der Waals surface area (Å²) in [4.78, 5) is 0. The van der Waals surface area contributed by atoms with Crippen molar-refractivity contribution in [2.45, 2.75) is 6.42 Å². The number of nitrogens with zero attached hydrogens (tertiary/aromatic N) is 2. The molecule has 0 aliphatic carbocycles. The first-order valence-corrected chi connectivity index (χ1v) is 8.64. The summed E-state index contributed by atoms with van der Waals surface area (Å²) in [5.41, 5.74) is 2.56. The van der Waals surface area contributed by atoms with Gasteiger partial charge in [0, 0.05) is 11.8 Å². The highest BCUT2D eigenvalue weighted by atomic mass is 32.2. The van der Waals surface area contributed by atoms with Gasteiger partial charge in [-0.2, -0.15) is 9.19 Å². The number of aryl methyl sites for hydroxylation is 1. The molecular weight excluding hydrogens is 296 g/mol. The molecule has 2 aromatic carbocycles. The summed E-state index contributed by atoms with van der Waals surface area (Å²) >= 11 is 0. The van der Waals surface area contributed by atoms with Gasteiger partial charge in [-0.3, -0.25) is 0 Å². The van der Waals surface area contributed by atoms with E-state index in [-0.39, 0.29) is 5.75 Å². The predicted molar refractivity (Wildman–Crippen MR) is 87.0 cm³/mol. The van der Waals surface area contributed by atoms with Gasteiger partial charge in [0.15, 0.2) is 0 Å². The topological polar surface area (TPSA) is 52.0 Å². The molecule has 0 aliphatic heterocycles. The Kier molecular flexibility index (Phi) is 4.06. The fourth-order valence-corrected chi connectivity index (χ4v) is 3.35. The molecule has 0 atom stereocenters. The van der Waals surface area contributed by atoms with Crippen LogP contribution in [0.5, 0.6) is 0 Å². The summed E-state index contributed by atoms with van der Waals surface area (Å²) < 4.78 is 25.8. The van der Waals surface area contributed by atoms with Crippen molar-refractivity contribution in [3.8, 4) is 11.3 Å². The van der Waals surface area contributed by atoms with Gasteiger partial charge < -0.3 is 0 Å². The van der Waals surface area contributed by atoms with Crippen LogP contribution in [0.3, 0.4) is 0 Å². The molecule has 0 unspecified atom stereocenters. The smallest absolute Gasteiger partial charge is 0.205 e. The van der Waals surface area contributed by atoms with Crippen molar-refractivity contribution >= 4 is 10.0 Å². The van der Waals surface area contributed by atoms with Crippen LogP contribution in [0.15, 0.2) is 72.9 Å². The molecule has 0 amide bonds. The standard InChI is InChI=1S/C17H16N2O2S/c20-22(21,14-12-15-7-3-1-4-8-15)19-13-11-17(18-19)16-9-5-2-6-10-16/h1-11,13H,12,14H2. The Morgan fingerprint density at radius 2 is 1.50 bits per heavy atom. The molecular formula is C17H16N2O2S. The normalized spacial score (nSPS) is 11.5. The molecule has 0 saturated heterocycles. The summed E-state index contributed by atoms with van der Waals surface area (Å²) in [5, 5.41) is 4.19. The number of benzene rings is 2. The van der Waals surface area contributed by atoms with Crippen molar-refractivity contribution in [1.29, 1.82) is 0 Å². The van der Waals surface area contributed by atoms with Gasteiger partial charge in [0.05, 0.1) is 11.4 Å². The minimum absolute atomic E-state index is 0.0346. The first kappa shape index (κ1) is 14.5. The molecule has 0 saturated carbocycles. The van der Waals surface area contributed by atoms with Crippen LogP contribution in [0, 0.1) is 0 Å². The number of aromatic nitrogens is 2. The molecule has 0 radical (unpaired) electrons. The first-order valence-electron chi connectivity index (χ1n) is 7.03. The van der Waals surface area contributed by atoms with E-state index in [9.17, 15) is 8.42 Å². The highest BCUT2D eigenvalue weighted by Crippen LogP contribution is 2.17. The van der Waals surface area contributed by atoms with Crippen molar-refractivity contribution in [3.63, 3.8) is 0 Å². The molecule has 0 N–H and O–H groups in total. The summed E-state index contributed by atoms with van der Waals surface area (Å²) in [6.45, 7) is 0. The average Bonchev–Trinajstić information content (AvgIpc) is 3.06. The van der Waals surface area contributed by atoms with Crippen LogP contribution in [0.25, 0.3) is 11.3 Å². The lowest BCUT2D eigenvalue weighted by atomic mass is 10.2. The lowest BCUT2D eigenvalue weighted by Crippen LogP contribution is -2.18. The Labute approximate surface area is 130 Å². The molecule has 4 nitrogen and oxygen atoms in total. The summed E-state index contributed by atoms with van der Waals surface area (Å²) in [6.07, 6.45) is 1.98. The summed E-state index contributed by atoms with van der Waals surface area (Å²) in [5.74, 6) is 0.0346. The predicted octanol–water partition coefficient (Wildman–Crippen LogP) is 2.97. The van der Waals surface area contributed by atoms with Crippen molar-refractivity contribution in [3.05, 3.63) is 78.5 Å². The van der Waals surface area contributed by atoms with Gasteiger partial charge in [-0.15, -0.1) is 0 Å². The van der Waals surface area contributed by atoms with E-state index < -0.39 is 10.0 Å². The van der Waals surface area contributed by atoms with E-state index >= 15 is 0 Å². The van der Waals surface area contributed by atoms with Crippen molar-refractivity contribution < 1.29 is 8.42 Å². The van der Waals surface area contributed by atoms with Crippen molar-refractivity contribution in [2.24, 2.45) is 0 Å². The fourth-order valence-electron chi connectivity index (χ4n) is 2.21. The highest BCUT2D eigenvalue weighted by Gasteiger charge is 2.15. The molecule has 5 heteroatoms. The van der Waals surface area contributed by atoms with Gasteiger partial charge in [0.2, 0.25) is 0 Å². The molecule has 22 heavy (non-hydrogen) atoms. The minimum atomic E-state index is -3.44. The van der Waals surface area contributed by atoms with Crippen molar-refractivity contribution in [1.82, 2.24) is 9.19 Å². The average molecular weight is 312 g/mol.